The number of aromatic amines is 1. The van der Waals surface area contributed by atoms with Crippen molar-refractivity contribution in [2.45, 2.75) is 45.7 Å². The van der Waals surface area contributed by atoms with Crippen molar-refractivity contribution in [3.8, 4) is 11.5 Å². The molecule has 1 aromatic heterocycles. The quantitative estimate of drug-likeness (QED) is 0.784. The van der Waals surface area contributed by atoms with Crippen LogP contribution < -0.4 is 5.56 Å². The minimum Gasteiger partial charge on any atom is -0.508 e. The van der Waals surface area contributed by atoms with Gasteiger partial charge in [-0.05, 0) is 24.1 Å². The molecule has 0 saturated carbocycles. The largest absolute Gasteiger partial charge is 0.508 e. The van der Waals surface area contributed by atoms with E-state index in [-0.39, 0.29) is 22.5 Å². The zero-order chi connectivity index (χ0) is 17.5. The van der Waals surface area contributed by atoms with E-state index in [1.54, 1.807) is 12.1 Å². The first kappa shape index (κ1) is 16.5. The van der Waals surface area contributed by atoms with Crippen LogP contribution in [0.3, 0.4) is 0 Å². The number of fused-ring (bicyclic) bond motifs is 1. The maximum absolute atomic E-state index is 12.3. The van der Waals surface area contributed by atoms with Crippen molar-refractivity contribution in [3.05, 3.63) is 51.2 Å². The Morgan fingerprint density at radius 3 is 2.50 bits per heavy atom. The van der Waals surface area contributed by atoms with E-state index in [2.05, 4.69) is 14.9 Å². The fraction of sp³-hybridized carbons (Fsp3) is 0.444. The second-order valence-electron chi connectivity index (χ2n) is 7.41. The predicted molar refractivity (Wildman–Crippen MR) is 91.1 cm³/mol. The number of aromatic hydroxyl groups is 2. The zero-order valence-electron chi connectivity index (χ0n) is 14.3. The number of hydrogen-bond donors (Lipinski definition) is 3. The number of nitrogens with one attached hydrogen (secondary N) is 1. The van der Waals surface area contributed by atoms with E-state index in [0.29, 0.717) is 25.3 Å². The van der Waals surface area contributed by atoms with Gasteiger partial charge in [0.2, 0.25) is 0 Å². The normalized spacial score (nSPS) is 15.3. The molecule has 1 aromatic carbocycles. The fourth-order valence-corrected chi connectivity index (χ4v) is 2.99. The molecule has 0 amide bonds. The summed E-state index contributed by atoms with van der Waals surface area (Å²) in [5, 5.41) is 19.2. The van der Waals surface area contributed by atoms with Gasteiger partial charge in [0.05, 0.1) is 5.69 Å². The maximum Gasteiger partial charge on any atom is 0.254 e. The van der Waals surface area contributed by atoms with E-state index in [1.807, 2.05) is 20.8 Å². The Bertz CT molecular complexity index is 801. The molecule has 0 saturated heterocycles. The van der Waals surface area contributed by atoms with Gasteiger partial charge in [-0.1, -0.05) is 20.8 Å². The molecule has 3 N–H and O–H groups in total. The summed E-state index contributed by atoms with van der Waals surface area (Å²) in [6, 6.07) is 4.59. The fourth-order valence-electron chi connectivity index (χ4n) is 2.99. The van der Waals surface area contributed by atoms with Crippen LogP contribution in [-0.2, 0) is 24.9 Å². The van der Waals surface area contributed by atoms with Crippen LogP contribution in [-0.4, -0.2) is 31.6 Å². The van der Waals surface area contributed by atoms with Gasteiger partial charge in [-0.25, -0.2) is 4.98 Å². The number of phenolic OH excluding ortho intramolecular Hbond substituents is 2. The molecule has 6 heteroatoms. The molecule has 1 aliphatic rings. The number of phenols is 2. The number of aromatic nitrogens is 2. The van der Waals surface area contributed by atoms with Crippen LogP contribution in [0.5, 0.6) is 11.5 Å². The molecule has 24 heavy (non-hydrogen) atoms. The summed E-state index contributed by atoms with van der Waals surface area (Å²) in [6.07, 6.45) is 0.646. The predicted octanol–water partition coefficient (Wildman–Crippen LogP) is 2.04. The van der Waals surface area contributed by atoms with Crippen LogP contribution in [0, 0.1) is 0 Å². The monoisotopic (exact) mass is 329 g/mol. The van der Waals surface area contributed by atoms with Crippen LogP contribution >= 0.6 is 0 Å². The van der Waals surface area contributed by atoms with Gasteiger partial charge in [-0.15, -0.1) is 0 Å². The Hall–Kier alpha value is -2.34. The van der Waals surface area contributed by atoms with E-state index < -0.39 is 0 Å². The summed E-state index contributed by atoms with van der Waals surface area (Å²) >= 11 is 0. The van der Waals surface area contributed by atoms with E-state index in [0.717, 1.165) is 23.4 Å². The Labute approximate surface area is 140 Å². The average Bonchev–Trinajstić information content (AvgIpc) is 2.44. The van der Waals surface area contributed by atoms with Crippen molar-refractivity contribution in [2.75, 3.05) is 6.54 Å². The molecular formula is C18H23N3O3. The maximum atomic E-state index is 12.3. The molecule has 0 unspecified atom stereocenters. The third-order valence-electron chi connectivity index (χ3n) is 4.23. The number of nitrogens with zero attached hydrogens (tertiary/aromatic N) is 2. The van der Waals surface area contributed by atoms with Crippen LogP contribution in [0.4, 0.5) is 0 Å². The lowest BCUT2D eigenvalue weighted by Crippen LogP contribution is -2.36. The van der Waals surface area contributed by atoms with Crippen LogP contribution in [0.15, 0.2) is 23.0 Å². The molecule has 0 aliphatic carbocycles. The number of rotatable bonds is 2. The van der Waals surface area contributed by atoms with Gasteiger partial charge in [0.15, 0.2) is 0 Å². The van der Waals surface area contributed by atoms with Gasteiger partial charge in [0.1, 0.15) is 17.3 Å². The van der Waals surface area contributed by atoms with Gasteiger partial charge in [0.25, 0.3) is 5.56 Å². The van der Waals surface area contributed by atoms with E-state index in [1.165, 1.54) is 6.07 Å². The van der Waals surface area contributed by atoms with Gasteiger partial charge in [-0.3, -0.25) is 9.69 Å². The third-order valence-corrected chi connectivity index (χ3v) is 4.23. The van der Waals surface area contributed by atoms with E-state index in [9.17, 15) is 15.0 Å². The standard InChI is InChI=1S/C18H23N3O3/c1-18(2,3)17-19-15-10-21(5-4-14(15)16(24)20-17)9-11-6-12(22)8-13(23)7-11/h6-8,22-23H,4-5,9-10H2,1-3H3,(H,19,20,24). The highest BCUT2D eigenvalue weighted by Gasteiger charge is 2.24. The molecule has 2 aromatic rings. The van der Waals surface area contributed by atoms with Crippen LogP contribution in [0.25, 0.3) is 0 Å². The Morgan fingerprint density at radius 2 is 1.88 bits per heavy atom. The van der Waals surface area contributed by atoms with Crippen molar-refractivity contribution in [1.29, 1.82) is 0 Å². The molecule has 2 heterocycles. The van der Waals surface area contributed by atoms with Crippen molar-refractivity contribution < 1.29 is 10.2 Å². The summed E-state index contributed by atoms with van der Waals surface area (Å²) in [5.74, 6) is 0.794. The SMILES string of the molecule is CC(C)(C)c1nc2c(c(=O)[nH]1)CCN(Cc1cc(O)cc(O)c1)C2. The first-order chi connectivity index (χ1) is 11.2. The van der Waals surface area contributed by atoms with Gasteiger partial charge in [0, 0.05) is 36.7 Å². The van der Waals surface area contributed by atoms with Gasteiger partial charge < -0.3 is 15.2 Å². The Morgan fingerprint density at radius 1 is 1.21 bits per heavy atom. The van der Waals surface area contributed by atoms with Crippen LogP contribution in [0.1, 0.15) is 43.4 Å². The first-order valence-electron chi connectivity index (χ1n) is 8.09. The highest BCUT2D eigenvalue weighted by Crippen LogP contribution is 2.24. The summed E-state index contributed by atoms with van der Waals surface area (Å²) < 4.78 is 0. The van der Waals surface area contributed by atoms with Gasteiger partial charge in [-0.2, -0.15) is 0 Å². The van der Waals surface area contributed by atoms with E-state index in [4.69, 9.17) is 0 Å². The molecule has 128 valence electrons. The molecule has 1 aliphatic heterocycles. The molecular weight excluding hydrogens is 306 g/mol. The zero-order valence-corrected chi connectivity index (χ0v) is 14.3. The summed E-state index contributed by atoms with van der Waals surface area (Å²) in [5.41, 5.74) is 2.15. The summed E-state index contributed by atoms with van der Waals surface area (Å²) in [4.78, 5) is 22.0. The van der Waals surface area contributed by atoms with Crippen molar-refractivity contribution in [1.82, 2.24) is 14.9 Å². The summed E-state index contributed by atoms with van der Waals surface area (Å²) in [6.45, 7) is 7.97. The van der Waals surface area contributed by atoms with E-state index >= 15 is 0 Å². The molecule has 0 bridgehead atoms. The topological polar surface area (TPSA) is 89.5 Å². The van der Waals surface area contributed by atoms with Gasteiger partial charge >= 0.3 is 0 Å². The van der Waals surface area contributed by atoms with Crippen molar-refractivity contribution in [3.63, 3.8) is 0 Å². The summed E-state index contributed by atoms with van der Waals surface area (Å²) in [7, 11) is 0. The smallest absolute Gasteiger partial charge is 0.254 e. The third kappa shape index (κ3) is 3.43. The molecule has 0 atom stereocenters. The molecule has 0 radical (unpaired) electrons. The highest BCUT2D eigenvalue weighted by molar-refractivity contribution is 5.36. The average molecular weight is 329 g/mol. The number of H-pyrrole nitrogens is 1. The minimum absolute atomic E-state index is 0.0421. The molecule has 0 fully saturated rings. The second-order valence-corrected chi connectivity index (χ2v) is 7.41. The lowest BCUT2D eigenvalue weighted by molar-refractivity contribution is 0.239. The van der Waals surface area contributed by atoms with Crippen molar-refractivity contribution >= 4 is 0 Å². The first-order valence-corrected chi connectivity index (χ1v) is 8.09. The van der Waals surface area contributed by atoms with Crippen LogP contribution in [0.2, 0.25) is 0 Å². The molecule has 6 nitrogen and oxygen atoms in total. The number of hydrogen-bond acceptors (Lipinski definition) is 5. The molecule has 0 spiro atoms. The second kappa shape index (κ2) is 5.94. The molecule has 3 rings (SSSR count). The lowest BCUT2D eigenvalue weighted by atomic mass is 9.95. The minimum atomic E-state index is -0.215. The highest BCUT2D eigenvalue weighted by atomic mass is 16.3. The Balaban J connectivity index is 1.85. The van der Waals surface area contributed by atoms with Crippen molar-refractivity contribution in [2.24, 2.45) is 0 Å². The Kier molecular flexibility index (Phi) is 4.09. The number of benzene rings is 1. The lowest BCUT2D eigenvalue weighted by Gasteiger charge is -2.29.